The third kappa shape index (κ3) is 2.26. The number of pyridine rings is 1. The van der Waals surface area contributed by atoms with Gasteiger partial charge in [0, 0.05) is 18.0 Å². The number of benzene rings is 1. The number of nitrogens with one attached hydrogen (secondary N) is 1. The monoisotopic (exact) mass is 285 g/mol. The predicted molar refractivity (Wildman–Crippen MR) is 79.4 cm³/mol. The summed E-state index contributed by atoms with van der Waals surface area (Å²) >= 11 is 5.76. The molecule has 0 spiro atoms. The molecule has 2 heterocycles. The molecule has 0 saturated heterocycles. The van der Waals surface area contributed by atoms with Crippen molar-refractivity contribution in [3.05, 3.63) is 69.9 Å². The Morgan fingerprint density at radius 3 is 2.80 bits per heavy atom. The fourth-order valence-electron chi connectivity index (χ4n) is 2.07. The summed E-state index contributed by atoms with van der Waals surface area (Å²) in [6.07, 6.45) is 3.27. The van der Waals surface area contributed by atoms with Gasteiger partial charge in [-0.2, -0.15) is 0 Å². The van der Waals surface area contributed by atoms with Crippen molar-refractivity contribution >= 4 is 11.6 Å². The number of aromatic nitrogens is 3. The first-order valence-electron chi connectivity index (χ1n) is 6.14. The SMILES string of the molecule is Cc1cccc(-n2[nH]cc(-c3ccc(Cl)nc3)c2=O)c1. The van der Waals surface area contributed by atoms with E-state index in [0.29, 0.717) is 10.7 Å². The Labute approximate surface area is 120 Å². The Balaban J connectivity index is 2.09. The van der Waals surface area contributed by atoms with Gasteiger partial charge in [-0.25, -0.2) is 9.67 Å². The second kappa shape index (κ2) is 4.98. The minimum atomic E-state index is -0.111. The maximum absolute atomic E-state index is 12.4. The lowest BCUT2D eigenvalue weighted by atomic mass is 10.1. The van der Waals surface area contributed by atoms with Crippen molar-refractivity contribution in [2.24, 2.45) is 0 Å². The summed E-state index contributed by atoms with van der Waals surface area (Å²) in [6.45, 7) is 1.99. The molecular formula is C15H12ClN3O. The number of nitrogens with zero attached hydrogens (tertiary/aromatic N) is 2. The van der Waals surface area contributed by atoms with Gasteiger partial charge in [0.15, 0.2) is 0 Å². The summed E-state index contributed by atoms with van der Waals surface area (Å²) in [6, 6.07) is 11.2. The van der Waals surface area contributed by atoms with E-state index in [9.17, 15) is 4.79 Å². The molecule has 0 aliphatic heterocycles. The van der Waals surface area contributed by atoms with Crippen LogP contribution >= 0.6 is 11.6 Å². The Morgan fingerprint density at radius 2 is 2.10 bits per heavy atom. The van der Waals surface area contributed by atoms with Crippen molar-refractivity contribution in [3.8, 4) is 16.8 Å². The molecule has 0 saturated carbocycles. The van der Waals surface area contributed by atoms with E-state index in [1.165, 1.54) is 4.68 Å². The molecule has 0 fully saturated rings. The van der Waals surface area contributed by atoms with Crippen LogP contribution in [0.2, 0.25) is 5.15 Å². The van der Waals surface area contributed by atoms with Crippen LogP contribution in [0.4, 0.5) is 0 Å². The molecule has 0 amide bonds. The molecule has 0 aliphatic carbocycles. The van der Waals surface area contributed by atoms with Crippen molar-refractivity contribution in [3.63, 3.8) is 0 Å². The van der Waals surface area contributed by atoms with Crippen LogP contribution in [-0.2, 0) is 0 Å². The predicted octanol–water partition coefficient (Wildman–Crippen LogP) is 3.19. The average Bonchev–Trinajstić information content (AvgIpc) is 2.82. The van der Waals surface area contributed by atoms with Crippen molar-refractivity contribution < 1.29 is 0 Å². The van der Waals surface area contributed by atoms with E-state index in [1.54, 1.807) is 24.5 Å². The Hall–Kier alpha value is -2.33. The van der Waals surface area contributed by atoms with Gasteiger partial charge in [-0.1, -0.05) is 23.7 Å². The topological polar surface area (TPSA) is 50.7 Å². The quantitative estimate of drug-likeness (QED) is 0.735. The van der Waals surface area contributed by atoms with E-state index in [1.807, 2.05) is 31.2 Å². The van der Waals surface area contributed by atoms with Gasteiger partial charge in [0.25, 0.3) is 5.56 Å². The van der Waals surface area contributed by atoms with E-state index in [0.717, 1.165) is 16.8 Å². The lowest BCUT2D eigenvalue weighted by Gasteiger charge is -2.02. The van der Waals surface area contributed by atoms with Crippen molar-refractivity contribution in [1.29, 1.82) is 0 Å². The van der Waals surface area contributed by atoms with E-state index in [-0.39, 0.29) is 5.56 Å². The highest BCUT2D eigenvalue weighted by atomic mass is 35.5. The maximum atomic E-state index is 12.4. The summed E-state index contributed by atoms with van der Waals surface area (Å²) < 4.78 is 1.51. The summed E-state index contributed by atoms with van der Waals surface area (Å²) in [7, 11) is 0. The second-order valence-corrected chi connectivity index (χ2v) is 4.92. The van der Waals surface area contributed by atoms with Gasteiger partial charge in [0.1, 0.15) is 5.15 Å². The van der Waals surface area contributed by atoms with E-state index in [2.05, 4.69) is 10.1 Å². The smallest absolute Gasteiger partial charge is 0.279 e. The molecule has 0 aliphatic rings. The number of aromatic amines is 1. The van der Waals surface area contributed by atoms with Crippen LogP contribution in [0.3, 0.4) is 0 Å². The number of rotatable bonds is 2. The normalized spacial score (nSPS) is 10.7. The fourth-order valence-corrected chi connectivity index (χ4v) is 2.18. The second-order valence-electron chi connectivity index (χ2n) is 4.54. The molecule has 0 atom stereocenters. The van der Waals surface area contributed by atoms with Gasteiger partial charge in [0.2, 0.25) is 0 Å². The Kier molecular flexibility index (Phi) is 3.16. The van der Waals surface area contributed by atoms with Crippen LogP contribution in [0.5, 0.6) is 0 Å². The molecule has 0 radical (unpaired) electrons. The number of H-pyrrole nitrogens is 1. The number of aryl methyl sites for hydroxylation is 1. The van der Waals surface area contributed by atoms with Crippen molar-refractivity contribution in [2.45, 2.75) is 6.92 Å². The molecule has 1 N–H and O–H groups in total. The van der Waals surface area contributed by atoms with Crippen LogP contribution in [0.1, 0.15) is 5.56 Å². The molecular weight excluding hydrogens is 274 g/mol. The van der Waals surface area contributed by atoms with Crippen molar-refractivity contribution in [2.75, 3.05) is 0 Å². The van der Waals surface area contributed by atoms with Crippen molar-refractivity contribution in [1.82, 2.24) is 14.8 Å². The highest BCUT2D eigenvalue weighted by Gasteiger charge is 2.10. The first-order chi connectivity index (χ1) is 9.65. The zero-order valence-electron chi connectivity index (χ0n) is 10.8. The molecule has 3 aromatic rings. The van der Waals surface area contributed by atoms with E-state index in [4.69, 9.17) is 11.6 Å². The molecule has 100 valence electrons. The molecule has 2 aromatic heterocycles. The average molecular weight is 286 g/mol. The van der Waals surface area contributed by atoms with Crippen LogP contribution in [0, 0.1) is 6.92 Å². The van der Waals surface area contributed by atoms with E-state index < -0.39 is 0 Å². The Bertz CT molecular complexity index is 802. The zero-order chi connectivity index (χ0) is 14.1. The number of hydrogen-bond acceptors (Lipinski definition) is 2. The molecule has 5 heteroatoms. The van der Waals surface area contributed by atoms with Crippen LogP contribution < -0.4 is 5.56 Å². The van der Waals surface area contributed by atoms with E-state index >= 15 is 0 Å². The van der Waals surface area contributed by atoms with Crippen LogP contribution in [-0.4, -0.2) is 14.8 Å². The molecule has 3 rings (SSSR count). The summed E-state index contributed by atoms with van der Waals surface area (Å²) in [4.78, 5) is 16.4. The third-order valence-electron chi connectivity index (χ3n) is 3.07. The van der Waals surface area contributed by atoms with Gasteiger partial charge >= 0.3 is 0 Å². The number of hydrogen-bond donors (Lipinski definition) is 1. The molecule has 4 nitrogen and oxygen atoms in total. The van der Waals surface area contributed by atoms with Crippen LogP contribution in [0.25, 0.3) is 16.8 Å². The third-order valence-corrected chi connectivity index (χ3v) is 3.29. The summed E-state index contributed by atoms with van der Waals surface area (Å²) in [5.41, 5.74) is 3.10. The van der Waals surface area contributed by atoms with Gasteiger partial charge in [-0.15, -0.1) is 0 Å². The minimum Gasteiger partial charge on any atom is -0.298 e. The lowest BCUT2D eigenvalue weighted by molar-refractivity contribution is 0.848. The summed E-state index contributed by atoms with van der Waals surface area (Å²) in [5.74, 6) is 0. The van der Waals surface area contributed by atoms with Gasteiger partial charge in [-0.05, 0) is 36.8 Å². The Morgan fingerprint density at radius 1 is 1.25 bits per heavy atom. The highest BCUT2D eigenvalue weighted by Crippen LogP contribution is 2.16. The molecule has 20 heavy (non-hydrogen) atoms. The number of halogens is 1. The largest absolute Gasteiger partial charge is 0.298 e. The van der Waals surface area contributed by atoms with Gasteiger partial charge in [0.05, 0.1) is 11.3 Å². The van der Waals surface area contributed by atoms with Gasteiger partial charge in [-0.3, -0.25) is 9.89 Å². The molecule has 1 aromatic carbocycles. The standard InChI is InChI=1S/C15H12ClN3O/c1-10-3-2-4-12(7-10)19-15(20)13(9-18-19)11-5-6-14(16)17-8-11/h2-9,18H,1H3. The van der Waals surface area contributed by atoms with Crippen LogP contribution in [0.15, 0.2) is 53.6 Å². The first-order valence-corrected chi connectivity index (χ1v) is 6.52. The van der Waals surface area contributed by atoms with Gasteiger partial charge < -0.3 is 0 Å². The molecule has 0 unspecified atom stereocenters. The summed E-state index contributed by atoms with van der Waals surface area (Å²) in [5, 5.41) is 3.38. The first kappa shape index (κ1) is 12.7. The minimum absolute atomic E-state index is 0.111. The zero-order valence-corrected chi connectivity index (χ0v) is 11.6. The fraction of sp³-hybridized carbons (Fsp3) is 0.0667. The lowest BCUT2D eigenvalue weighted by Crippen LogP contribution is -2.15. The maximum Gasteiger partial charge on any atom is 0.279 e. The highest BCUT2D eigenvalue weighted by molar-refractivity contribution is 6.29. The molecule has 0 bridgehead atoms.